The number of pyridine rings is 1. The Kier molecular flexibility index (Phi) is 2.58. The normalized spacial score (nSPS) is 23.8. The van der Waals surface area contributed by atoms with Crippen LogP contribution in [-0.2, 0) is 5.41 Å². The van der Waals surface area contributed by atoms with Crippen molar-refractivity contribution in [3.63, 3.8) is 0 Å². The van der Waals surface area contributed by atoms with Gasteiger partial charge in [0.05, 0.1) is 0 Å². The number of hydrogen-bond acceptors (Lipinski definition) is 3. The standard InChI is InChI=1S/C14H21N3/c1-11(15)14(6-7-14)12-4-5-13(16-10-12)17-8-2-3-9-17/h4-5,10-11H,2-3,6-9,15H2,1H3. The summed E-state index contributed by atoms with van der Waals surface area (Å²) in [6, 6.07) is 4.64. The molecule has 3 rings (SSSR count). The molecule has 1 aliphatic carbocycles. The number of anilines is 1. The van der Waals surface area contributed by atoms with Crippen molar-refractivity contribution in [2.45, 2.75) is 44.1 Å². The Morgan fingerprint density at radius 1 is 1.29 bits per heavy atom. The first-order valence-electron chi connectivity index (χ1n) is 6.69. The van der Waals surface area contributed by atoms with Crippen LogP contribution < -0.4 is 10.6 Å². The zero-order chi connectivity index (χ0) is 11.9. The van der Waals surface area contributed by atoms with Gasteiger partial charge in [-0.05, 0) is 44.2 Å². The van der Waals surface area contributed by atoms with Crippen LogP contribution in [0.4, 0.5) is 5.82 Å². The summed E-state index contributed by atoms with van der Waals surface area (Å²) >= 11 is 0. The van der Waals surface area contributed by atoms with Crippen LogP contribution in [0.1, 0.15) is 38.2 Å². The molecule has 2 aliphatic rings. The fourth-order valence-electron chi connectivity index (χ4n) is 2.96. The SMILES string of the molecule is CC(N)C1(c2ccc(N3CCCC3)nc2)CC1. The van der Waals surface area contributed by atoms with Crippen molar-refractivity contribution in [3.05, 3.63) is 23.9 Å². The van der Waals surface area contributed by atoms with Gasteiger partial charge in [-0.25, -0.2) is 4.98 Å². The van der Waals surface area contributed by atoms with Crippen molar-refractivity contribution < 1.29 is 0 Å². The Labute approximate surface area is 103 Å². The Hall–Kier alpha value is -1.09. The molecule has 3 heteroatoms. The van der Waals surface area contributed by atoms with Gasteiger partial charge in [0.1, 0.15) is 5.82 Å². The van der Waals surface area contributed by atoms with Crippen LogP contribution in [0.3, 0.4) is 0 Å². The zero-order valence-electron chi connectivity index (χ0n) is 10.5. The van der Waals surface area contributed by atoms with E-state index in [1.807, 2.05) is 6.20 Å². The van der Waals surface area contributed by atoms with E-state index in [0.717, 1.165) is 18.9 Å². The maximum atomic E-state index is 6.09. The van der Waals surface area contributed by atoms with Crippen LogP contribution in [0.25, 0.3) is 0 Å². The van der Waals surface area contributed by atoms with Crippen LogP contribution in [0, 0.1) is 0 Å². The molecule has 0 radical (unpaired) electrons. The van der Waals surface area contributed by atoms with Crippen LogP contribution in [0.2, 0.25) is 0 Å². The fraction of sp³-hybridized carbons (Fsp3) is 0.643. The maximum Gasteiger partial charge on any atom is 0.128 e. The summed E-state index contributed by atoms with van der Waals surface area (Å²) in [6.07, 6.45) is 7.08. The summed E-state index contributed by atoms with van der Waals surface area (Å²) < 4.78 is 0. The molecule has 0 amide bonds. The largest absolute Gasteiger partial charge is 0.357 e. The van der Waals surface area contributed by atoms with E-state index in [0.29, 0.717) is 0 Å². The van der Waals surface area contributed by atoms with Crippen molar-refractivity contribution in [1.29, 1.82) is 0 Å². The second-order valence-electron chi connectivity index (χ2n) is 5.54. The highest BCUT2D eigenvalue weighted by molar-refractivity contribution is 5.43. The number of nitrogens with zero attached hydrogens (tertiary/aromatic N) is 2. The van der Waals surface area contributed by atoms with E-state index in [9.17, 15) is 0 Å². The predicted octanol–water partition coefficient (Wildman–Crippen LogP) is 2.06. The van der Waals surface area contributed by atoms with Gasteiger partial charge in [0.25, 0.3) is 0 Å². The predicted molar refractivity (Wildman–Crippen MR) is 70.2 cm³/mol. The van der Waals surface area contributed by atoms with Gasteiger partial charge in [0, 0.05) is 30.7 Å². The molecule has 0 bridgehead atoms. The third-order valence-electron chi connectivity index (χ3n) is 4.41. The maximum absolute atomic E-state index is 6.09. The number of hydrogen-bond donors (Lipinski definition) is 1. The molecule has 0 spiro atoms. The third kappa shape index (κ3) is 1.82. The van der Waals surface area contributed by atoms with E-state index in [1.165, 1.54) is 31.2 Å². The van der Waals surface area contributed by atoms with Gasteiger partial charge in [-0.1, -0.05) is 6.07 Å². The van der Waals surface area contributed by atoms with Crippen molar-refractivity contribution in [3.8, 4) is 0 Å². The lowest BCUT2D eigenvalue weighted by atomic mass is 9.91. The summed E-state index contributed by atoms with van der Waals surface area (Å²) in [5.41, 5.74) is 7.65. The van der Waals surface area contributed by atoms with Crippen LogP contribution >= 0.6 is 0 Å². The molecule has 2 heterocycles. The molecule has 1 aromatic heterocycles. The van der Waals surface area contributed by atoms with Crippen LogP contribution in [0.15, 0.2) is 18.3 Å². The topological polar surface area (TPSA) is 42.1 Å². The lowest BCUT2D eigenvalue weighted by Crippen LogP contribution is -2.31. The molecule has 2 fully saturated rings. The lowest BCUT2D eigenvalue weighted by Gasteiger charge is -2.21. The minimum atomic E-state index is 0.233. The molecular formula is C14H21N3. The Morgan fingerprint density at radius 2 is 2.00 bits per heavy atom. The van der Waals surface area contributed by atoms with E-state index in [1.54, 1.807) is 0 Å². The van der Waals surface area contributed by atoms with Crippen molar-refractivity contribution in [1.82, 2.24) is 4.98 Å². The highest BCUT2D eigenvalue weighted by Crippen LogP contribution is 2.50. The minimum Gasteiger partial charge on any atom is -0.357 e. The van der Waals surface area contributed by atoms with E-state index >= 15 is 0 Å². The van der Waals surface area contributed by atoms with E-state index in [2.05, 4.69) is 28.9 Å². The van der Waals surface area contributed by atoms with Crippen molar-refractivity contribution in [2.24, 2.45) is 5.73 Å². The Balaban J connectivity index is 1.80. The second kappa shape index (κ2) is 3.98. The zero-order valence-corrected chi connectivity index (χ0v) is 10.5. The smallest absolute Gasteiger partial charge is 0.128 e. The average Bonchev–Trinajstić information content (AvgIpc) is 2.98. The highest BCUT2D eigenvalue weighted by Gasteiger charge is 2.47. The van der Waals surface area contributed by atoms with Gasteiger partial charge in [-0.2, -0.15) is 0 Å². The molecule has 2 N–H and O–H groups in total. The quantitative estimate of drug-likeness (QED) is 0.866. The summed E-state index contributed by atoms with van der Waals surface area (Å²) in [5, 5.41) is 0. The van der Waals surface area contributed by atoms with E-state index < -0.39 is 0 Å². The molecule has 1 saturated carbocycles. The fourth-order valence-corrected chi connectivity index (χ4v) is 2.96. The number of nitrogens with two attached hydrogens (primary N) is 1. The molecule has 1 aliphatic heterocycles. The lowest BCUT2D eigenvalue weighted by molar-refractivity contribution is 0.555. The first kappa shape index (κ1) is 11.0. The molecule has 92 valence electrons. The number of rotatable bonds is 3. The Bertz CT molecular complexity index is 386. The summed E-state index contributed by atoms with van der Waals surface area (Å²) in [7, 11) is 0. The van der Waals surface area contributed by atoms with Gasteiger partial charge < -0.3 is 10.6 Å². The molecule has 1 aromatic rings. The van der Waals surface area contributed by atoms with Crippen LogP contribution in [0.5, 0.6) is 0 Å². The first-order valence-corrected chi connectivity index (χ1v) is 6.69. The highest BCUT2D eigenvalue weighted by atomic mass is 15.2. The van der Waals surface area contributed by atoms with Gasteiger partial charge >= 0.3 is 0 Å². The summed E-state index contributed by atoms with van der Waals surface area (Å²) in [4.78, 5) is 6.99. The van der Waals surface area contributed by atoms with Gasteiger partial charge in [-0.15, -0.1) is 0 Å². The summed E-state index contributed by atoms with van der Waals surface area (Å²) in [6.45, 7) is 4.43. The second-order valence-corrected chi connectivity index (χ2v) is 5.54. The van der Waals surface area contributed by atoms with E-state index in [4.69, 9.17) is 5.73 Å². The average molecular weight is 231 g/mol. The Morgan fingerprint density at radius 3 is 2.47 bits per heavy atom. The first-order chi connectivity index (χ1) is 8.22. The molecule has 1 unspecified atom stereocenters. The van der Waals surface area contributed by atoms with Crippen LogP contribution in [-0.4, -0.2) is 24.1 Å². The molecule has 1 saturated heterocycles. The number of aromatic nitrogens is 1. The molecule has 1 atom stereocenters. The molecular weight excluding hydrogens is 210 g/mol. The third-order valence-corrected chi connectivity index (χ3v) is 4.41. The molecule has 0 aromatic carbocycles. The van der Waals surface area contributed by atoms with E-state index in [-0.39, 0.29) is 11.5 Å². The van der Waals surface area contributed by atoms with Crippen molar-refractivity contribution >= 4 is 5.82 Å². The minimum absolute atomic E-state index is 0.233. The summed E-state index contributed by atoms with van der Waals surface area (Å²) in [5.74, 6) is 1.13. The van der Waals surface area contributed by atoms with Gasteiger partial charge in [-0.3, -0.25) is 0 Å². The van der Waals surface area contributed by atoms with Crippen molar-refractivity contribution in [2.75, 3.05) is 18.0 Å². The monoisotopic (exact) mass is 231 g/mol. The molecule has 17 heavy (non-hydrogen) atoms. The molecule has 3 nitrogen and oxygen atoms in total. The van der Waals surface area contributed by atoms with Gasteiger partial charge in [0.15, 0.2) is 0 Å². The van der Waals surface area contributed by atoms with Gasteiger partial charge in [0.2, 0.25) is 0 Å².